The molecule has 150 valence electrons. The van der Waals surface area contributed by atoms with E-state index in [-0.39, 0.29) is 17.6 Å². The molecule has 2 aromatic heterocycles. The molecule has 0 radical (unpaired) electrons. The Labute approximate surface area is 167 Å². The van der Waals surface area contributed by atoms with E-state index in [1.807, 2.05) is 44.6 Å². The number of para-hydroxylation sites is 2. The van der Waals surface area contributed by atoms with E-state index < -0.39 is 0 Å². The first kappa shape index (κ1) is 19.1. The number of nitrogens with zero attached hydrogens (tertiary/aromatic N) is 4. The van der Waals surface area contributed by atoms with Gasteiger partial charge in [0.1, 0.15) is 5.82 Å². The summed E-state index contributed by atoms with van der Waals surface area (Å²) >= 11 is 0. The molecule has 0 amide bonds. The van der Waals surface area contributed by atoms with Crippen molar-refractivity contribution in [3.8, 4) is 0 Å². The van der Waals surface area contributed by atoms with Crippen LogP contribution in [0, 0.1) is 5.82 Å². The first-order chi connectivity index (χ1) is 14.0. The van der Waals surface area contributed by atoms with Crippen molar-refractivity contribution in [1.29, 1.82) is 0 Å². The largest absolute Gasteiger partial charge is 0.419 e. The predicted molar refractivity (Wildman–Crippen MR) is 109 cm³/mol. The Morgan fingerprint density at radius 2 is 2.00 bits per heavy atom. The third kappa shape index (κ3) is 4.00. The Hall–Kier alpha value is -3.19. The molecule has 1 atom stereocenters. The molecule has 29 heavy (non-hydrogen) atoms. The van der Waals surface area contributed by atoms with Crippen LogP contribution in [0.25, 0.3) is 11.1 Å². The van der Waals surface area contributed by atoms with E-state index in [4.69, 9.17) is 4.42 Å². The quantitative estimate of drug-likeness (QED) is 0.481. The van der Waals surface area contributed by atoms with Gasteiger partial charge in [0.15, 0.2) is 5.58 Å². The van der Waals surface area contributed by atoms with Crippen molar-refractivity contribution >= 4 is 11.1 Å². The number of benzene rings is 2. The van der Waals surface area contributed by atoms with Crippen LogP contribution in [-0.2, 0) is 13.6 Å². The summed E-state index contributed by atoms with van der Waals surface area (Å²) in [5, 5.41) is 4.27. The van der Waals surface area contributed by atoms with E-state index in [0.29, 0.717) is 18.7 Å². The molecular formula is C22H23FN4O2. The molecule has 7 heteroatoms. The van der Waals surface area contributed by atoms with Gasteiger partial charge in [-0.25, -0.2) is 9.18 Å². The topological polar surface area (TPSA) is 56.2 Å². The fraction of sp³-hybridized carbons (Fsp3) is 0.273. The average Bonchev–Trinajstić information content (AvgIpc) is 3.25. The molecule has 0 unspecified atom stereocenters. The molecule has 0 aliphatic carbocycles. The van der Waals surface area contributed by atoms with Gasteiger partial charge in [0.2, 0.25) is 0 Å². The van der Waals surface area contributed by atoms with Crippen molar-refractivity contribution in [2.75, 3.05) is 13.6 Å². The van der Waals surface area contributed by atoms with E-state index in [9.17, 15) is 9.18 Å². The van der Waals surface area contributed by atoms with Crippen LogP contribution in [0.15, 0.2) is 70.1 Å². The van der Waals surface area contributed by atoms with Crippen molar-refractivity contribution in [2.24, 2.45) is 7.05 Å². The molecule has 0 saturated heterocycles. The number of fused-ring (bicyclic) bond motifs is 1. The molecule has 4 rings (SSSR count). The van der Waals surface area contributed by atoms with Crippen LogP contribution in [0.2, 0.25) is 0 Å². The maximum absolute atomic E-state index is 13.9. The van der Waals surface area contributed by atoms with Gasteiger partial charge >= 0.3 is 5.76 Å². The molecule has 2 heterocycles. The second-order valence-corrected chi connectivity index (χ2v) is 7.23. The molecule has 2 aromatic carbocycles. The second-order valence-electron chi connectivity index (χ2n) is 7.23. The molecule has 0 fully saturated rings. The van der Waals surface area contributed by atoms with Crippen molar-refractivity contribution in [2.45, 2.75) is 19.0 Å². The van der Waals surface area contributed by atoms with E-state index in [2.05, 4.69) is 10.00 Å². The number of rotatable bonds is 7. The Morgan fingerprint density at radius 3 is 2.76 bits per heavy atom. The van der Waals surface area contributed by atoms with Crippen LogP contribution >= 0.6 is 0 Å². The molecule has 6 nitrogen and oxygen atoms in total. The average molecular weight is 394 g/mol. The molecule has 0 spiro atoms. The summed E-state index contributed by atoms with van der Waals surface area (Å²) in [4.78, 5) is 14.3. The van der Waals surface area contributed by atoms with Crippen molar-refractivity contribution in [3.63, 3.8) is 0 Å². The van der Waals surface area contributed by atoms with Crippen LogP contribution in [0.3, 0.4) is 0 Å². The zero-order valence-corrected chi connectivity index (χ0v) is 16.5. The van der Waals surface area contributed by atoms with Gasteiger partial charge in [0.25, 0.3) is 0 Å². The summed E-state index contributed by atoms with van der Waals surface area (Å²) in [6, 6.07) is 13.9. The summed E-state index contributed by atoms with van der Waals surface area (Å²) in [5.41, 5.74) is 3.26. The van der Waals surface area contributed by atoms with Crippen LogP contribution in [-0.4, -0.2) is 32.8 Å². The lowest BCUT2D eigenvalue weighted by Gasteiger charge is -2.28. The standard InChI is InChI=1S/C22H23FN4O2/c1-25(11-6-12-27-19-9-3-4-10-20(19)29-22(27)28)21(17-14-24-26(2)15-17)16-7-5-8-18(23)13-16/h3-5,7-10,13-15,21H,6,11-12H2,1-2H3/t21-/m1/s1. The van der Waals surface area contributed by atoms with Crippen molar-refractivity contribution in [1.82, 2.24) is 19.2 Å². The van der Waals surface area contributed by atoms with E-state index in [0.717, 1.165) is 23.1 Å². The van der Waals surface area contributed by atoms with Crippen molar-refractivity contribution in [3.05, 3.63) is 88.4 Å². The van der Waals surface area contributed by atoms with Gasteiger partial charge in [0, 0.05) is 31.9 Å². The first-order valence-corrected chi connectivity index (χ1v) is 9.55. The van der Waals surface area contributed by atoms with Gasteiger partial charge < -0.3 is 4.42 Å². The molecule has 0 aliphatic heterocycles. The van der Waals surface area contributed by atoms with E-state index >= 15 is 0 Å². The van der Waals surface area contributed by atoms with Gasteiger partial charge in [-0.05, 0) is 43.3 Å². The Kier molecular flexibility index (Phi) is 5.31. The van der Waals surface area contributed by atoms with Gasteiger partial charge in [0.05, 0.1) is 17.8 Å². The second kappa shape index (κ2) is 8.05. The minimum Gasteiger partial charge on any atom is -0.408 e. The molecule has 4 aromatic rings. The lowest BCUT2D eigenvalue weighted by molar-refractivity contribution is 0.268. The highest BCUT2D eigenvalue weighted by atomic mass is 19.1. The zero-order valence-electron chi connectivity index (χ0n) is 16.5. The highest BCUT2D eigenvalue weighted by Gasteiger charge is 2.21. The van der Waals surface area contributed by atoms with Gasteiger partial charge in [-0.15, -0.1) is 0 Å². The predicted octanol–water partition coefficient (Wildman–Crippen LogP) is 3.58. The number of oxazole rings is 1. The maximum atomic E-state index is 13.9. The van der Waals surface area contributed by atoms with Gasteiger partial charge in [-0.3, -0.25) is 14.1 Å². The summed E-state index contributed by atoms with van der Waals surface area (Å²) < 4.78 is 22.6. The monoisotopic (exact) mass is 394 g/mol. The van der Waals surface area contributed by atoms with Crippen LogP contribution < -0.4 is 5.76 Å². The van der Waals surface area contributed by atoms with Crippen LogP contribution in [0.1, 0.15) is 23.6 Å². The van der Waals surface area contributed by atoms with Crippen LogP contribution in [0.4, 0.5) is 4.39 Å². The molecule has 0 bridgehead atoms. The maximum Gasteiger partial charge on any atom is 0.419 e. The highest BCUT2D eigenvalue weighted by molar-refractivity contribution is 5.72. The summed E-state index contributed by atoms with van der Waals surface area (Å²) in [5.74, 6) is -0.607. The highest BCUT2D eigenvalue weighted by Crippen LogP contribution is 2.28. The fourth-order valence-electron chi connectivity index (χ4n) is 3.79. The SMILES string of the molecule is CN(CCCn1c(=O)oc2ccccc21)[C@H](c1cccc(F)c1)c1cnn(C)c1. The lowest BCUT2D eigenvalue weighted by Crippen LogP contribution is -2.28. The van der Waals surface area contributed by atoms with Gasteiger partial charge in [-0.2, -0.15) is 5.10 Å². The molecule has 0 aliphatic rings. The summed E-state index contributed by atoms with van der Waals surface area (Å²) in [7, 11) is 3.86. The molecule has 0 saturated carbocycles. The molecular weight excluding hydrogens is 371 g/mol. The van der Waals surface area contributed by atoms with E-state index in [1.165, 1.54) is 6.07 Å². The van der Waals surface area contributed by atoms with Gasteiger partial charge in [-0.1, -0.05) is 24.3 Å². The minimum absolute atomic E-state index is 0.128. The van der Waals surface area contributed by atoms with E-state index in [1.54, 1.807) is 33.6 Å². The number of hydrogen-bond donors (Lipinski definition) is 0. The van der Waals surface area contributed by atoms with Crippen molar-refractivity contribution < 1.29 is 8.81 Å². The summed E-state index contributed by atoms with van der Waals surface area (Å²) in [6.45, 7) is 1.26. The number of aryl methyl sites for hydroxylation is 2. The first-order valence-electron chi connectivity index (χ1n) is 9.55. The number of halogens is 1. The zero-order chi connectivity index (χ0) is 20.4. The number of hydrogen-bond acceptors (Lipinski definition) is 4. The number of aromatic nitrogens is 3. The summed E-state index contributed by atoms with van der Waals surface area (Å²) in [6.07, 6.45) is 4.49. The van der Waals surface area contributed by atoms with Crippen LogP contribution in [0.5, 0.6) is 0 Å². The Bertz CT molecular complexity index is 1180. The minimum atomic E-state index is -0.345. The Balaban J connectivity index is 1.53. The normalized spacial score (nSPS) is 12.7. The molecule has 0 N–H and O–H groups in total. The third-order valence-corrected chi connectivity index (χ3v) is 5.11. The Morgan fingerprint density at radius 1 is 1.17 bits per heavy atom. The third-order valence-electron chi connectivity index (χ3n) is 5.11. The fourth-order valence-corrected chi connectivity index (χ4v) is 3.79. The smallest absolute Gasteiger partial charge is 0.408 e. The lowest BCUT2D eigenvalue weighted by atomic mass is 10.00.